The SMILES string of the molecule is O=CCCOc1[c]cccc1. The molecule has 2 nitrogen and oxygen atoms in total. The molecule has 0 aliphatic heterocycles. The summed E-state index contributed by atoms with van der Waals surface area (Å²) in [4.78, 5) is 9.90. The molecule has 2 heteroatoms. The molecule has 0 bridgehead atoms. The van der Waals surface area contributed by atoms with Gasteiger partial charge in [0.05, 0.1) is 6.61 Å². The Kier molecular flexibility index (Phi) is 3.19. The maximum Gasteiger partial charge on any atom is 0.127 e. The first kappa shape index (κ1) is 7.79. The van der Waals surface area contributed by atoms with E-state index < -0.39 is 0 Å². The van der Waals surface area contributed by atoms with Gasteiger partial charge in [-0.1, -0.05) is 18.2 Å². The van der Waals surface area contributed by atoms with Crippen LogP contribution in [0.3, 0.4) is 0 Å². The summed E-state index contributed by atoms with van der Waals surface area (Å²) < 4.78 is 5.16. The second kappa shape index (κ2) is 4.50. The summed E-state index contributed by atoms with van der Waals surface area (Å²) in [5.74, 6) is 0.689. The molecule has 1 radical (unpaired) electrons. The monoisotopic (exact) mass is 149 g/mol. The molecule has 0 spiro atoms. The van der Waals surface area contributed by atoms with E-state index in [4.69, 9.17) is 4.74 Å². The molecule has 1 rings (SSSR count). The fourth-order valence-electron chi connectivity index (χ4n) is 0.684. The second-order valence-electron chi connectivity index (χ2n) is 2.03. The van der Waals surface area contributed by atoms with Crippen LogP contribution in [-0.2, 0) is 4.79 Å². The summed E-state index contributed by atoms with van der Waals surface area (Å²) in [6, 6.07) is 10.2. The van der Waals surface area contributed by atoms with E-state index in [0.717, 1.165) is 6.29 Å². The van der Waals surface area contributed by atoms with Crippen LogP contribution in [0.4, 0.5) is 0 Å². The summed E-state index contributed by atoms with van der Waals surface area (Å²) in [7, 11) is 0. The molecule has 57 valence electrons. The third-order valence-corrected chi connectivity index (χ3v) is 1.17. The third kappa shape index (κ3) is 2.85. The second-order valence-corrected chi connectivity index (χ2v) is 2.03. The fourth-order valence-corrected chi connectivity index (χ4v) is 0.684. The molecule has 0 saturated heterocycles. The molecule has 0 saturated carbocycles. The summed E-state index contributed by atoms with van der Waals surface area (Å²) in [6.07, 6.45) is 1.27. The number of hydrogen-bond donors (Lipinski definition) is 0. The fraction of sp³-hybridized carbons (Fsp3) is 0.222. The van der Waals surface area contributed by atoms with E-state index in [9.17, 15) is 4.79 Å². The number of hydrogen-bond acceptors (Lipinski definition) is 2. The highest BCUT2D eigenvalue weighted by atomic mass is 16.5. The van der Waals surface area contributed by atoms with Gasteiger partial charge in [-0.05, 0) is 6.07 Å². The predicted molar refractivity (Wildman–Crippen MR) is 41.5 cm³/mol. The minimum absolute atomic E-state index is 0.433. The summed E-state index contributed by atoms with van der Waals surface area (Å²) in [6.45, 7) is 0.435. The molecular weight excluding hydrogens is 140 g/mol. The maximum absolute atomic E-state index is 9.90. The van der Waals surface area contributed by atoms with Gasteiger partial charge >= 0.3 is 0 Å². The van der Waals surface area contributed by atoms with E-state index in [0.29, 0.717) is 18.8 Å². The van der Waals surface area contributed by atoms with Crippen LogP contribution in [0.25, 0.3) is 0 Å². The predicted octanol–water partition coefficient (Wildman–Crippen LogP) is 1.45. The molecule has 0 atom stereocenters. The van der Waals surface area contributed by atoms with E-state index >= 15 is 0 Å². The molecule has 0 aromatic heterocycles. The Bertz CT molecular complexity index is 206. The molecule has 1 aromatic carbocycles. The first-order chi connectivity index (χ1) is 5.43. The van der Waals surface area contributed by atoms with Crippen molar-refractivity contribution in [1.29, 1.82) is 0 Å². The number of carbonyl (C=O) groups is 1. The van der Waals surface area contributed by atoms with Crippen LogP contribution >= 0.6 is 0 Å². The van der Waals surface area contributed by atoms with Crippen LogP contribution in [0.5, 0.6) is 5.75 Å². The van der Waals surface area contributed by atoms with Crippen molar-refractivity contribution < 1.29 is 9.53 Å². The molecule has 11 heavy (non-hydrogen) atoms. The van der Waals surface area contributed by atoms with Crippen molar-refractivity contribution in [3.05, 3.63) is 30.3 Å². The average molecular weight is 149 g/mol. The Morgan fingerprint density at radius 1 is 1.55 bits per heavy atom. The standard InChI is InChI=1S/C9H9O2/c10-7-4-8-11-9-5-2-1-3-6-9/h1-3,5,7H,4,8H2. The van der Waals surface area contributed by atoms with Crippen LogP contribution in [0, 0.1) is 6.07 Å². The topological polar surface area (TPSA) is 26.3 Å². The van der Waals surface area contributed by atoms with Crippen molar-refractivity contribution in [2.75, 3.05) is 6.61 Å². The van der Waals surface area contributed by atoms with Crippen molar-refractivity contribution >= 4 is 6.29 Å². The quantitative estimate of drug-likeness (QED) is 0.478. The van der Waals surface area contributed by atoms with Crippen molar-refractivity contribution in [3.8, 4) is 5.75 Å². The lowest BCUT2D eigenvalue weighted by Crippen LogP contribution is -1.96. The zero-order valence-corrected chi connectivity index (χ0v) is 6.12. The van der Waals surface area contributed by atoms with Gasteiger partial charge in [-0.15, -0.1) is 0 Å². The van der Waals surface area contributed by atoms with E-state index in [2.05, 4.69) is 6.07 Å². The van der Waals surface area contributed by atoms with E-state index in [1.165, 1.54) is 0 Å². The first-order valence-electron chi connectivity index (χ1n) is 3.46. The number of benzene rings is 1. The molecule has 0 N–H and O–H groups in total. The number of carbonyl (C=O) groups excluding carboxylic acids is 1. The number of rotatable bonds is 4. The Balaban J connectivity index is 2.33. The molecule has 1 aromatic rings. The minimum Gasteiger partial charge on any atom is -0.492 e. The highest BCUT2D eigenvalue weighted by Crippen LogP contribution is 2.06. The Labute approximate surface area is 65.8 Å². The summed E-state index contributed by atoms with van der Waals surface area (Å²) in [5.41, 5.74) is 0. The number of aldehydes is 1. The lowest BCUT2D eigenvalue weighted by Gasteiger charge is -2.00. The van der Waals surface area contributed by atoms with Crippen molar-refractivity contribution in [2.45, 2.75) is 6.42 Å². The van der Waals surface area contributed by atoms with Gasteiger partial charge in [0.2, 0.25) is 0 Å². The zero-order valence-electron chi connectivity index (χ0n) is 6.12. The Hall–Kier alpha value is -1.31. The van der Waals surface area contributed by atoms with Crippen LogP contribution in [0.1, 0.15) is 6.42 Å². The van der Waals surface area contributed by atoms with Gasteiger partial charge in [0, 0.05) is 12.5 Å². The number of ether oxygens (including phenoxy) is 1. The lowest BCUT2D eigenvalue weighted by atomic mass is 10.3. The highest BCUT2D eigenvalue weighted by molar-refractivity contribution is 5.49. The van der Waals surface area contributed by atoms with Crippen molar-refractivity contribution in [3.63, 3.8) is 0 Å². The molecule has 0 unspecified atom stereocenters. The smallest absolute Gasteiger partial charge is 0.127 e. The van der Waals surface area contributed by atoms with Gasteiger partial charge in [0.15, 0.2) is 0 Å². The lowest BCUT2D eigenvalue weighted by molar-refractivity contribution is -0.108. The summed E-state index contributed by atoms with van der Waals surface area (Å²) in [5, 5.41) is 0. The van der Waals surface area contributed by atoms with E-state index in [1.54, 1.807) is 6.07 Å². The molecular formula is C9H9O2. The molecule has 0 amide bonds. The third-order valence-electron chi connectivity index (χ3n) is 1.17. The van der Waals surface area contributed by atoms with E-state index in [-0.39, 0.29) is 0 Å². The molecule has 0 fully saturated rings. The van der Waals surface area contributed by atoms with Crippen LogP contribution in [-0.4, -0.2) is 12.9 Å². The van der Waals surface area contributed by atoms with Crippen LogP contribution in [0.2, 0.25) is 0 Å². The van der Waals surface area contributed by atoms with E-state index in [1.807, 2.05) is 18.2 Å². The first-order valence-corrected chi connectivity index (χ1v) is 3.46. The van der Waals surface area contributed by atoms with Gasteiger partial charge in [-0.2, -0.15) is 0 Å². The van der Waals surface area contributed by atoms with Gasteiger partial charge in [-0.25, -0.2) is 0 Å². The van der Waals surface area contributed by atoms with Crippen LogP contribution in [0.15, 0.2) is 24.3 Å². The molecule has 0 aliphatic carbocycles. The van der Waals surface area contributed by atoms with Crippen molar-refractivity contribution in [1.82, 2.24) is 0 Å². The Morgan fingerprint density at radius 3 is 3.09 bits per heavy atom. The zero-order chi connectivity index (χ0) is 7.94. The van der Waals surface area contributed by atoms with Gasteiger partial charge in [0.25, 0.3) is 0 Å². The maximum atomic E-state index is 9.90. The molecule has 0 aliphatic rings. The van der Waals surface area contributed by atoms with Crippen molar-refractivity contribution in [2.24, 2.45) is 0 Å². The molecule has 0 heterocycles. The normalized spacial score (nSPS) is 9.09. The summed E-state index contributed by atoms with van der Waals surface area (Å²) >= 11 is 0. The van der Waals surface area contributed by atoms with Crippen LogP contribution < -0.4 is 4.74 Å². The van der Waals surface area contributed by atoms with Gasteiger partial charge in [0.1, 0.15) is 12.0 Å². The average Bonchev–Trinajstić information content (AvgIpc) is 2.07. The minimum atomic E-state index is 0.433. The van der Waals surface area contributed by atoms with Gasteiger partial charge < -0.3 is 9.53 Å². The largest absolute Gasteiger partial charge is 0.492 e. The number of para-hydroxylation sites is 1. The highest BCUT2D eigenvalue weighted by Gasteiger charge is 1.89. The Morgan fingerprint density at radius 2 is 2.45 bits per heavy atom. The van der Waals surface area contributed by atoms with Gasteiger partial charge in [-0.3, -0.25) is 0 Å².